The van der Waals surface area contributed by atoms with Crippen LogP contribution in [0.25, 0.3) is 0 Å². The quantitative estimate of drug-likeness (QED) is 0.405. The van der Waals surface area contributed by atoms with Gasteiger partial charge in [0.25, 0.3) is 5.91 Å². The summed E-state index contributed by atoms with van der Waals surface area (Å²) in [4.78, 5) is 16.3. The van der Waals surface area contributed by atoms with Crippen molar-refractivity contribution in [2.45, 2.75) is 32.2 Å². The molecule has 0 saturated heterocycles. The predicted molar refractivity (Wildman–Crippen MR) is 85.5 cm³/mol. The maximum atomic E-state index is 11.8. The Morgan fingerprint density at radius 1 is 1.24 bits per heavy atom. The molecule has 0 unspecified atom stereocenters. The number of amides is 1. The molecule has 0 aromatic heterocycles. The van der Waals surface area contributed by atoms with Crippen LogP contribution < -0.4 is 16.0 Å². The van der Waals surface area contributed by atoms with Gasteiger partial charge in [-0.1, -0.05) is 18.2 Å². The highest BCUT2D eigenvalue weighted by molar-refractivity contribution is 5.94. The number of carbonyl (C=O) groups excluding carboxylic acids is 1. The van der Waals surface area contributed by atoms with Gasteiger partial charge in [0.2, 0.25) is 0 Å². The highest BCUT2D eigenvalue weighted by Gasteiger charge is 2.21. The summed E-state index contributed by atoms with van der Waals surface area (Å²) in [5, 5.41) is 9.51. The SMILES string of the molecule is CCNC(=NCCCNC(=O)c1ccccc1)NC1CC1. The molecular weight excluding hydrogens is 264 g/mol. The van der Waals surface area contributed by atoms with Gasteiger partial charge in [-0.15, -0.1) is 0 Å². The predicted octanol–water partition coefficient (Wildman–Crippen LogP) is 1.52. The molecule has 5 nitrogen and oxygen atoms in total. The monoisotopic (exact) mass is 288 g/mol. The zero-order valence-electron chi connectivity index (χ0n) is 12.6. The van der Waals surface area contributed by atoms with Gasteiger partial charge in [0.1, 0.15) is 0 Å². The molecule has 0 heterocycles. The number of benzene rings is 1. The van der Waals surface area contributed by atoms with Crippen LogP contribution >= 0.6 is 0 Å². The fraction of sp³-hybridized carbons (Fsp3) is 0.500. The first-order chi connectivity index (χ1) is 10.3. The third kappa shape index (κ3) is 5.85. The number of guanidine groups is 1. The highest BCUT2D eigenvalue weighted by Crippen LogP contribution is 2.18. The van der Waals surface area contributed by atoms with Gasteiger partial charge in [-0.25, -0.2) is 0 Å². The smallest absolute Gasteiger partial charge is 0.251 e. The van der Waals surface area contributed by atoms with Crippen LogP contribution in [0.3, 0.4) is 0 Å². The van der Waals surface area contributed by atoms with Gasteiger partial charge in [-0.3, -0.25) is 9.79 Å². The zero-order chi connectivity index (χ0) is 14.9. The van der Waals surface area contributed by atoms with Crippen molar-refractivity contribution in [3.63, 3.8) is 0 Å². The minimum atomic E-state index is -0.0254. The van der Waals surface area contributed by atoms with E-state index >= 15 is 0 Å². The average molecular weight is 288 g/mol. The van der Waals surface area contributed by atoms with Gasteiger partial charge in [0, 0.05) is 31.2 Å². The summed E-state index contributed by atoms with van der Waals surface area (Å²) in [5.74, 6) is 0.858. The maximum absolute atomic E-state index is 11.8. The average Bonchev–Trinajstić information content (AvgIpc) is 3.31. The molecule has 1 aromatic carbocycles. The van der Waals surface area contributed by atoms with Crippen molar-refractivity contribution in [3.8, 4) is 0 Å². The molecule has 1 saturated carbocycles. The summed E-state index contributed by atoms with van der Waals surface area (Å²) in [6, 6.07) is 9.87. The molecule has 2 rings (SSSR count). The summed E-state index contributed by atoms with van der Waals surface area (Å²) >= 11 is 0. The lowest BCUT2D eigenvalue weighted by Gasteiger charge is -2.10. The number of hydrogen-bond acceptors (Lipinski definition) is 2. The number of rotatable bonds is 7. The molecule has 1 fully saturated rings. The third-order valence-electron chi connectivity index (χ3n) is 3.19. The molecular formula is C16H24N4O. The first-order valence-corrected chi connectivity index (χ1v) is 7.67. The summed E-state index contributed by atoms with van der Waals surface area (Å²) < 4.78 is 0. The Bertz CT molecular complexity index is 468. The maximum Gasteiger partial charge on any atom is 0.251 e. The molecule has 1 aromatic rings. The Morgan fingerprint density at radius 3 is 2.67 bits per heavy atom. The third-order valence-corrected chi connectivity index (χ3v) is 3.19. The van der Waals surface area contributed by atoms with Crippen LogP contribution in [0, 0.1) is 0 Å². The fourth-order valence-corrected chi connectivity index (χ4v) is 1.90. The van der Waals surface area contributed by atoms with Crippen molar-refractivity contribution in [1.29, 1.82) is 0 Å². The number of nitrogens with zero attached hydrogens (tertiary/aromatic N) is 1. The molecule has 0 atom stereocenters. The normalized spacial score (nSPS) is 14.6. The second kappa shape index (κ2) is 8.29. The van der Waals surface area contributed by atoms with Crippen molar-refractivity contribution < 1.29 is 4.79 Å². The molecule has 1 aliphatic rings. The Morgan fingerprint density at radius 2 is 2.00 bits per heavy atom. The minimum absolute atomic E-state index is 0.0254. The van der Waals surface area contributed by atoms with E-state index in [0.717, 1.165) is 18.9 Å². The van der Waals surface area contributed by atoms with Crippen molar-refractivity contribution in [2.75, 3.05) is 19.6 Å². The summed E-state index contributed by atoms with van der Waals surface area (Å²) in [7, 11) is 0. The molecule has 5 heteroatoms. The molecule has 3 N–H and O–H groups in total. The zero-order valence-corrected chi connectivity index (χ0v) is 12.6. The van der Waals surface area contributed by atoms with E-state index in [4.69, 9.17) is 0 Å². The van der Waals surface area contributed by atoms with Crippen LogP contribution in [0.4, 0.5) is 0 Å². The molecule has 0 spiro atoms. The molecule has 0 bridgehead atoms. The van der Waals surface area contributed by atoms with Gasteiger partial charge in [0.15, 0.2) is 5.96 Å². The van der Waals surface area contributed by atoms with Gasteiger partial charge in [-0.2, -0.15) is 0 Å². The van der Waals surface area contributed by atoms with Crippen LogP contribution in [0.5, 0.6) is 0 Å². The first-order valence-electron chi connectivity index (χ1n) is 7.67. The standard InChI is InChI=1S/C16H24N4O/c1-2-17-16(20-14-9-10-14)19-12-6-11-18-15(21)13-7-4-3-5-8-13/h3-5,7-8,14H,2,6,9-12H2,1H3,(H,18,21)(H2,17,19,20). The number of carbonyl (C=O) groups is 1. The lowest BCUT2D eigenvalue weighted by molar-refractivity contribution is 0.0953. The highest BCUT2D eigenvalue weighted by atomic mass is 16.1. The molecule has 0 aliphatic heterocycles. The van der Waals surface area contributed by atoms with Crippen molar-refractivity contribution in [1.82, 2.24) is 16.0 Å². The topological polar surface area (TPSA) is 65.5 Å². The van der Waals surface area contributed by atoms with E-state index < -0.39 is 0 Å². The Labute approximate surface area is 126 Å². The molecule has 114 valence electrons. The van der Waals surface area contributed by atoms with Crippen LogP contribution in [0.1, 0.15) is 36.5 Å². The Balaban J connectivity index is 1.65. The Kier molecular flexibility index (Phi) is 6.06. The van der Waals surface area contributed by atoms with Crippen molar-refractivity contribution >= 4 is 11.9 Å². The van der Waals surface area contributed by atoms with E-state index in [-0.39, 0.29) is 5.91 Å². The molecule has 1 amide bonds. The second-order valence-electron chi connectivity index (χ2n) is 5.15. The van der Waals surface area contributed by atoms with E-state index in [1.54, 1.807) is 0 Å². The molecule has 21 heavy (non-hydrogen) atoms. The van der Waals surface area contributed by atoms with E-state index in [2.05, 4.69) is 27.9 Å². The molecule has 0 radical (unpaired) electrons. The first kappa shape index (κ1) is 15.4. The Hall–Kier alpha value is -2.04. The number of nitrogens with one attached hydrogen (secondary N) is 3. The van der Waals surface area contributed by atoms with Crippen LogP contribution in [0.2, 0.25) is 0 Å². The fourth-order valence-electron chi connectivity index (χ4n) is 1.90. The van der Waals surface area contributed by atoms with E-state index in [0.29, 0.717) is 24.7 Å². The summed E-state index contributed by atoms with van der Waals surface area (Å²) in [6.45, 7) is 4.27. The lowest BCUT2D eigenvalue weighted by atomic mass is 10.2. The summed E-state index contributed by atoms with van der Waals surface area (Å²) in [5.41, 5.74) is 0.699. The summed E-state index contributed by atoms with van der Waals surface area (Å²) in [6.07, 6.45) is 3.30. The van der Waals surface area contributed by atoms with Crippen LogP contribution in [-0.2, 0) is 0 Å². The van der Waals surface area contributed by atoms with Gasteiger partial charge in [0.05, 0.1) is 0 Å². The minimum Gasteiger partial charge on any atom is -0.357 e. The van der Waals surface area contributed by atoms with Crippen LogP contribution in [0.15, 0.2) is 35.3 Å². The van der Waals surface area contributed by atoms with Crippen LogP contribution in [-0.4, -0.2) is 37.5 Å². The largest absolute Gasteiger partial charge is 0.357 e. The van der Waals surface area contributed by atoms with E-state index in [1.165, 1.54) is 12.8 Å². The van der Waals surface area contributed by atoms with Gasteiger partial charge >= 0.3 is 0 Å². The lowest BCUT2D eigenvalue weighted by Crippen LogP contribution is -2.38. The molecule has 1 aliphatic carbocycles. The number of hydrogen-bond donors (Lipinski definition) is 3. The van der Waals surface area contributed by atoms with Gasteiger partial charge in [-0.05, 0) is 38.3 Å². The van der Waals surface area contributed by atoms with E-state index in [1.807, 2.05) is 30.3 Å². The number of aliphatic imine (C=N–C) groups is 1. The van der Waals surface area contributed by atoms with E-state index in [9.17, 15) is 4.79 Å². The van der Waals surface area contributed by atoms with Gasteiger partial charge < -0.3 is 16.0 Å². The van der Waals surface area contributed by atoms with Crippen molar-refractivity contribution in [2.24, 2.45) is 4.99 Å². The van der Waals surface area contributed by atoms with Crippen molar-refractivity contribution in [3.05, 3.63) is 35.9 Å². The second-order valence-corrected chi connectivity index (χ2v) is 5.15.